The highest BCUT2D eigenvalue weighted by Crippen LogP contribution is 2.61. The van der Waals surface area contributed by atoms with E-state index >= 15 is 0 Å². The number of rotatable bonds is 1. The van der Waals surface area contributed by atoms with E-state index in [-0.39, 0.29) is 29.6 Å². The molecule has 0 amide bonds. The molecule has 5 nitrogen and oxygen atoms in total. The van der Waals surface area contributed by atoms with Crippen LogP contribution in [-0.2, 0) is 14.9 Å². The number of methoxy groups -OCH3 is 1. The molecule has 1 aromatic carbocycles. The summed E-state index contributed by atoms with van der Waals surface area (Å²) < 4.78 is 5.27. The number of carbonyl (C=O) groups is 1. The molecule has 1 aromatic rings. The van der Waals surface area contributed by atoms with E-state index in [9.17, 15) is 9.90 Å². The van der Waals surface area contributed by atoms with Gasteiger partial charge in [0, 0.05) is 24.8 Å². The molecule has 3 fully saturated rings. The van der Waals surface area contributed by atoms with Crippen LogP contribution in [0, 0.1) is 11.8 Å². The Labute approximate surface area is 147 Å². The van der Waals surface area contributed by atoms with E-state index in [0.29, 0.717) is 5.69 Å². The number of ether oxygens (including phenoxy) is 1. The largest absolute Gasteiger partial charge is 0.506 e. The van der Waals surface area contributed by atoms with Crippen LogP contribution in [0.5, 0.6) is 5.75 Å². The van der Waals surface area contributed by atoms with Gasteiger partial charge in [0.15, 0.2) is 0 Å². The molecule has 0 aromatic heterocycles. The van der Waals surface area contributed by atoms with Gasteiger partial charge in [-0.25, -0.2) is 0 Å². The summed E-state index contributed by atoms with van der Waals surface area (Å²) in [6, 6.07) is 5.84. The standard InChI is InChI=1S/C20H22N2O3/c1-3-11-10-22-8-7-20-13-5-4-6-15(23)17(13)21-18(20)14(22)9-12(11)16(20)19(24)25-2/h3-6,12,14,16,23H,7-10H2,1-2H3/b11-3-/t12-,14-,16-,20-/m0/s1. The van der Waals surface area contributed by atoms with Crippen molar-refractivity contribution in [3.8, 4) is 5.75 Å². The topological polar surface area (TPSA) is 62.1 Å². The van der Waals surface area contributed by atoms with Crippen LogP contribution < -0.4 is 0 Å². The second-order valence-corrected chi connectivity index (χ2v) is 7.58. The normalized spacial score (nSPS) is 36.8. The molecule has 3 aliphatic heterocycles. The monoisotopic (exact) mass is 338 g/mol. The first-order valence-electron chi connectivity index (χ1n) is 9.00. The van der Waals surface area contributed by atoms with Gasteiger partial charge in [0.1, 0.15) is 11.4 Å². The Morgan fingerprint density at radius 1 is 1.48 bits per heavy atom. The molecule has 4 aliphatic rings. The van der Waals surface area contributed by atoms with E-state index in [1.807, 2.05) is 12.1 Å². The third kappa shape index (κ3) is 1.67. The lowest BCUT2D eigenvalue weighted by atomic mass is 9.51. The fourth-order valence-electron chi connectivity index (χ4n) is 5.82. The first-order valence-corrected chi connectivity index (χ1v) is 9.00. The van der Waals surface area contributed by atoms with Crippen molar-refractivity contribution < 1.29 is 14.6 Å². The Bertz CT molecular complexity index is 843. The summed E-state index contributed by atoms with van der Waals surface area (Å²) in [6.07, 6.45) is 3.93. The zero-order valence-corrected chi connectivity index (χ0v) is 14.5. The number of nitrogens with zero attached hydrogens (tertiary/aromatic N) is 2. The zero-order chi connectivity index (χ0) is 17.3. The van der Waals surface area contributed by atoms with Crippen molar-refractivity contribution in [2.45, 2.75) is 31.2 Å². The number of hydrogen-bond acceptors (Lipinski definition) is 5. The highest BCUT2D eigenvalue weighted by Gasteiger charge is 2.65. The molecule has 5 rings (SSSR count). The number of hydrogen-bond donors (Lipinski definition) is 1. The van der Waals surface area contributed by atoms with Crippen molar-refractivity contribution in [1.82, 2.24) is 4.90 Å². The average molecular weight is 338 g/mol. The predicted octanol–water partition coefficient (Wildman–Crippen LogP) is 2.56. The van der Waals surface area contributed by atoms with Gasteiger partial charge in [0.25, 0.3) is 0 Å². The van der Waals surface area contributed by atoms with Gasteiger partial charge in [0.2, 0.25) is 0 Å². The van der Waals surface area contributed by atoms with Gasteiger partial charge in [-0.2, -0.15) is 0 Å². The van der Waals surface area contributed by atoms with Crippen LogP contribution in [0.3, 0.4) is 0 Å². The van der Waals surface area contributed by atoms with E-state index in [1.54, 1.807) is 6.07 Å². The molecule has 1 N–H and O–H groups in total. The van der Waals surface area contributed by atoms with Crippen molar-refractivity contribution in [1.29, 1.82) is 0 Å². The molecule has 0 unspecified atom stereocenters. The first-order chi connectivity index (χ1) is 12.1. The molecule has 0 spiro atoms. The van der Waals surface area contributed by atoms with E-state index in [0.717, 1.165) is 37.2 Å². The SMILES string of the molecule is C/C=C1/CN2CC[C@]34C(=Nc5c(O)cccc53)[C@@H]2C[C@@H]1[C@H]4C(=O)OC. The lowest BCUT2D eigenvalue weighted by Gasteiger charge is -2.59. The summed E-state index contributed by atoms with van der Waals surface area (Å²) in [5.41, 5.74) is 3.63. The van der Waals surface area contributed by atoms with Crippen LogP contribution in [0.25, 0.3) is 0 Å². The van der Waals surface area contributed by atoms with Crippen molar-refractivity contribution >= 4 is 17.4 Å². The molecule has 1 saturated carbocycles. The molecule has 3 bridgehead atoms. The van der Waals surface area contributed by atoms with E-state index in [1.165, 1.54) is 12.7 Å². The lowest BCUT2D eigenvalue weighted by Crippen LogP contribution is -2.68. The molecule has 3 heterocycles. The summed E-state index contributed by atoms with van der Waals surface area (Å²) in [7, 11) is 1.48. The van der Waals surface area contributed by atoms with Crippen LogP contribution in [-0.4, -0.2) is 47.9 Å². The van der Waals surface area contributed by atoms with Crippen LogP contribution in [0.2, 0.25) is 0 Å². The number of aromatic hydroxyl groups is 1. The van der Waals surface area contributed by atoms with Crippen LogP contribution in [0.4, 0.5) is 5.69 Å². The summed E-state index contributed by atoms with van der Waals surface area (Å²) >= 11 is 0. The predicted molar refractivity (Wildman–Crippen MR) is 94.2 cm³/mol. The highest BCUT2D eigenvalue weighted by atomic mass is 16.5. The number of allylic oxidation sites excluding steroid dienone is 1. The van der Waals surface area contributed by atoms with Crippen LogP contribution >= 0.6 is 0 Å². The van der Waals surface area contributed by atoms with E-state index in [4.69, 9.17) is 9.73 Å². The number of phenolic OH excluding ortho intramolecular Hbond substituents is 1. The third-order valence-electron chi connectivity index (χ3n) is 6.83. The Balaban J connectivity index is 1.80. The van der Waals surface area contributed by atoms with Gasteiger partial charge in [-0.3, -0.25) is 14.7 Å². The van der Waals surface area contributed by atoms with Gasteiger partial charge in [-0.15, -0.1) is 0 Å². The molecule has 130 valence electrons. The van der Waals surface area contributed by atoms with E-state index in [2.05, 4.69) is 17.9 Å². The first kappa shape index (κ1) is 15.1. The molecule has 0 radical (unpaired) electrons. The Morgan fingerprint density at radius 3 is 3.08 bits per heavy atom. The summed E-state index contributed by atoms with van der Waals surface area (Å²) in [4.78, 5) is 20.3. The zero-order valence-electron chi connectivity index (χ0n) is 14.5. The number of piperidine rings is 2. The molecule has 4 atom stereocenters. The fourth-order valence-corrected chi connectivity index (χ4v) is 5.82. The number of esters is 1. The quantitative estimate of drug-likeness (QED) is 0.631. The molecule has 1 aliphatic carbocycles. The maximum absolute atomic E-state index is 13.0. The van der Waals surface area contributed by atoms with Crippen molar-refractivity contribution in [3.05, 3.63) is 35.4 Å². The van der Waals surface area contributed by atoms with Gasteiger partial charge < -0.3 is 9.84 Å². The van der Waals surface area contributed by atoms with Crippen molar-refractivity contribution in [2.75, 3.05) is 20.2 Å². The Hall–Kier alpha value is -2.14. The van der Waals surface area contributed by atoms with Gasteiger partial charge in [-0.1, -0.05) is 23.8 Å². The van der Waals surface area contributed by atoms with E-state index < -0.39 is 5.41 Å². The van der Waals surface area contributed by atoms with Gasteiger partial charge in [-0.05, 0) is 37.3 Å². The Kier molecular flexibility index (Phi) is 2.99. The van der Waals surface area contributed by atoms with Gasteiger partial charge >= 0.3 is 5.97 Å². The third-order valence-corrected chi connectivity index (χ3v) is 6.83. The fraction of sp³-hybridized carbons (Fsp3) is 0.500. The molecule has 25 heavy (non-hydrogen) atoms. The van der Waals surface area contributed by atoms with Crippen molar-refractivity contribution in [3.63, 3.8) is 0 Å². The molecular formula is C20H22N2O3. The number of benzene rings is 1. The maximum Gasteiger partial charge on any atom is 0.310 e. The maximum atomic E-state index is 13.0. The number of phenols is 1. The number of para-hydroxylation sites is 1. The molecule has 2 saturated heterocycles. The number of aliphatic imine (C=N–C) groups is 1. The highest BCUT2D eigenvalue weighted by molar-refractivity contribution is 6.10. The van der Waals surface area contributed by atoms with Crippen LogP contribution in [0.1, 0.15) is 25.3 Å². The second-order valence-electron chi connectivity index (χ2n) is 7.58. The molecular weight excluding hydrogens is 316 g/mol. The summed E-state index contributed by atoms with van der Waals surface area (Å²) in [5, 5.41) is 10.4. The lowest BCUT2D eigenvalue weighted by molar-refractivity contribution is -0.151. The Morgan fingerprint density at radius 2 is 2.32 bits per heavy atom. The van der Waals surface area contributed by atoms with Gasteiger partial charge in [0.05, 0.1) is 18.4 Å². The minimum absolute atomic E-state index is 0.151. The summed E-state index contributed by atoms with van der Waals surface area (Å²) in [5.74, 6) is -0.0193. The van der Waals surface area contributed by atoms with Crippen molar-refractivity contribution in [2.24, 2.45) is 16.8 Å². The number of carbonyl (C=O) groups excluding carboxylic acids is 1. The minimum atomic E-state index is -0.431. The smallest absolute Gasteiger partial charge is 0.310 e. The molecule has 5 heteroatoms. The summed E-state index contributed by atoms with van der Waals surface area (Å²) in [6.45, 7) is 3.90. The van der Waals surface area contributed by atoms with Crippen LogP contribution in [0.15, 0.2) is 34.8 Å². The second kappa shape index (κ2) is 4.94. The number of fused-ring (bicyclic) bond motifs is 2. The minimum Gasteiger partial charge on any atom is -0.506 e. The average Bonchev–Trinajstić information content (AvgIpc) is 2.98.